The van der Waals surface area contributed by atoms with Gasteiger partial charge in [0.15, 0.2) is 0 Å². The van der Waals surface area contributed by atoms with Crippen LogP contribution in [-0.2, 0) is 6.54 Å². The van der Waals surface area contributed by atoms with E-state index in [1.54, 1.807) is 12.3 Å². The predicted octanol–water partition coefficient (Wildman–Crippen LogP) is 3.53. The molecule has 0 bridgehead atoms. The molecule has 0 fully saturated rings. The molecule has 5 heteroatoms. The number of halogens is 1. The van der Waals surface area contributed by atoms with Crippen LogP contribution in [-0.4, -0.2) is 14.8 Å². The Morgan fingerprint density at radius 3 is 2.60 bits per heavy atom. The summed E-state index contributed by atoms with van der Waals surface area (Å²) < 4.78 is 1.83. The van der Waals surface area contributed by atoms with Crippen LogP contribution in [0.4, 0.5) is 5.82 Å². The van der Waals surface area contributed by atoms with E-state index in [-0.39, 0.29) is 0 Å². The van der Waals surface area contributed by atoms with E-state index in [0.29, 0.717) is 11.7 Å². The molecule has 0 unspecified atom stereocenters. The molecule has 0 atom stereocenters. The number of hydrogen-bond acceptors (Lipinski definition) is 3. The van der Waals surface area contributed by atoms with Gasteiger partial charge in [0.25, 0.3) is 0 Å². The first-order chi connectivity index (χ1) is 9.81. The Kier molecular flexibility index (Phi) is 3.65. The van der Waals surface area contributed by atoms with Crippen molar-refractivity contribution in [2.75, 3.05) is 5.32 Å². The largest absolute Gasteiger partial charge is 0.366 e. The average Bonchev–Trinajstić information content (AvgIpc) is 3.00. The van der Waals surface area contributed by atoms with E-state index in [4.69, 9.17) is 11.6 Å². The van der Waals surface area contributed by atoms with Gasteiger partial charge in [0.05, 0.1) is 5.69 Å². The van der Waals surface area contributed by atoms with Gasteiger partial charge >= 0.3 is 0 Å². The van der Waals surface area contributed by atoms with E-state index in [9.17, 15) is 0 Å². The molecule has 100 valence electrons. The first kappa shape index (κ1) is 12.7. The molecule has 1 aromatic carbocycles. The minimum absolute atomic E-state index is 0.490. The minimum atomic E-state index is 0.490. The topological polar surface area (TPSA) is 42.7 Å². The number of anilines is 1. The van der Waals surface area contributed by atoms with Crippen molar-refractivity contribution in [3.05, 3.63) is 71.6 Å². The fourth-order valence-corrected chi connectivity index (χ4v) is 2.05. The molecule has 20 heavy (non-hydrogen) atoms. The molecule has 0 aliphatic rings. The number of rotatable bonds is 4. The van der Waals surface area contributed by atoms with Gasteiger partial charge in [-0.05, 0) is 35.9 Å². The lowest BCUT2D eigenvalue weighted by molar-refractivity contribution is 0.879. The smallest absolute Gasteiger partial charge is 0.131 e. The molecule has 0 saturated carbocycles. The number of aromatic nitrogens is 3. The van der Waals surface area contributed by atoms with E-state index in [1.165, 1.54) is 5.56 Å². The molecule has 0 saturated heterocycles. The molecule has 2 aromatic heterocycles. The maximum Gasteiger partial charge on any atom is 0.131 e. The minimum Gasteiger partial charge on any atom is -0.366 e. The summed E-state index contributed by atoms with van der Waals surface area (Å²) in [6.45, 7) is 0.701. The summed E-state index contributed by atoms with van der Waals surface area (Å²) in [4.78, 5) is 4.19. The highest BCUT2D eigenvalue weighted by Gasteiger charge is 1.99. The average molecular weight is 285 g/mol. The molecule has 3 rings (SSSR count). The van der Waals surface area contributed by atoms with Crippen LogP contribution in [0.1, 0.15) is 5.56 Å². The van der Waals surface area contributed by atoms with Gasteiger partial charge in [-0.2, -0.15) is 5.10 Å². The fraction of sp³-hybridized carbons (Fsp3) is 0.0667. The van der Waals surface area contributed by atoms with Gasteiger partial charge in [-0.1, -0.05) is 29.8 Å². The number of hydrogen-bond donors (Lipinski definition) is 1. The molecule has 0 spiro atoms. The summed E-state index contributed by atoms with van der Waals surface area (Å²) in [6.07, 6.45) is 3.68. The molecule has 0 amide bonds. The van der Waals surface area contributed by atoms with Gasteiger partial charge in [-0.25, -0.2) is 9.67 Å². The van der Waals surface area contributed by atoms with Crippen LogP contribution >= 0.6 is 11.6 Å². The van der Waals surface area contributed by atoms with Crippen LogP contribution in [0.3, 0.4) is 0 Å². The highest BCUT2D eigenvalue weighted by molar-refractivity contribution is 6.29. The van der Waals surface area contributed by atoms with Crippen molar-refractivity contribution in [3.63, 3.8) is 0 Å². The molecule has 0 aliphatic heterocycles. The van der Waals surface area contributed by atoms with Crippen LogP contribution in [0.5, 0.6) is 0 Å². The third-order valence-electron chi connectivity index (χ3n) is 2.89. The Balaban J connectivity index is 1.67. The second kappa shape index (κ2) is 5.75. The van der Waals surface area contributed by atoms with E-state index in [0.717, 1.165) is 11.5 Å². The lowest BCUT2D eigenvalue weighted by Crippen LogP contribution is -2.01. The maximum absolute atomic E-state index is 5.84. The monoisotopic (exact) mass is 284 g/mol. The van der Waals surface area contributed by atoms with Gasteiger partial charge < -0.3 is 5.32 Å². The Hall–Kier alpha value is -2.33. The number of benzene rings is 1. The Bertz CT molecular complexity index is 677. The van der Waals surface area contributed by atoms with Crippen molar-refractivity contribution >= 4 is 17.4 Å². The van der Waals surface area contributed by atoms with Crippen LogP contribution in [0.15, 0.2) is 60.9 Å². The summed E-state index contributed by atoms with van der Waals surface area (Å²) >= 11 is 5.84. The Morgan fingerprint density at radius 1 is 1.05 bits per heavy atom. The molecular formula is C15H13ClN4. The summed E-state index contributed by atoms with van der Waals surface area (Å²) in [5.41, 5.74) is 2.21. The Morgan fingerprint density at radius 2 is 1.90 bits per heavy atom. The second-order valence-electron chi connectivity index (χ2n) is 4.32. The summed E-state index contributed by atoms with van der Waals surface area (Å²) in [6, 6.07) is 15.6. The van der Waals surface area contributed by atoms with Crippen molar-refractivity contribution in [2.24, 2.45) is 0 Å². The second-order valence-corrected chi connectivity index (χ2v) is 4.70. The predicted molar refractivity (Wildman–Crippen MR) is 80.1 cm³/mol. The number of pyridine rings is 1. The molecule has 2 heterocycles. The summed E-state index contributed by atoms with van der Waals surface area (Å²) in [5, 5.41) is 7.92. The zero-order valence-corrected chi connectivity index (χ0v) is 11.5. The van der Waals surface area contributed by atoms with Crippen molar-refractivity contribution in [3.8, 4) is 5.69 Å². The molecule has 0 aliphatic carbocycles. The first-order valence-corrected chi connectivity index (χ1v) is 6.64. The van der Waals surface area contributed by atoms with Crippen LogP contribution < -0.4 is 5.32 Å². The van der Waals surface area contributed by atoms with Gasteiger partial charge in [0.1, 0.15) is 11.0 Å². The van der Waals surface area contributed by atoms with E-state index < -0.39 is 0 Å². The van der Waals surface area contributed by atoms with Crippen LogP contribution in [0.25, 0.3) is 5.69 Å². The van der Waals surface area contributed by atoms with Gasteiger partial charge in [-0.3, -0.25) is 0 Å². The highest BCUT2D eigenvalue weighted by atomic mass is 35.5. The maximum atomic E-state index is 5.84. The van der Waals surface area contributed by atoms with Crippen molar-refractivity contribution in [2.45, 2.75) is 6.54 Å². The first-order valence-electron chi connectivity index (χ1n) is 6.27. The molecule has 4 nitrogen and oxygen atoms in total. The summed E-state index contributed by atoms with van der Waals surface area (Å²) in [5.74, 6) is 0.772. The zero-order chi connectivity index (χ0) is 13.8. The standard InChI is InChI=1S/C15H13ClN4/c16-14-3-1-4-15(19-14)17-11-12-5-7-13(8-6-12)20-10-2-9-18-20/h1-10H,11H2,(H,17,19). The molecule has 3 aromatic rings. The van der Waals surface area contributed by atoms with Crippen LogP contribution in [0, 0.1) is 0 Å². The SMILES string of the molecule is Clc1cccc(NCc2ccc(-n3cccn3)cc2)n1. The summed E-state index contributed by atoms with van der Waals surface area (Å²) in [7, 11) is 0. The fourth-order valence-electron chi connectivity index (χ4n) is 1.89. The van der Waals surface area contributed by atoms with Gasteiger partial charge in [-0.15, -0.1) is 0 Å². The number of nitrogens with zero attached hydrogens (tertiary/aromatic N) is 3. The Labute approximate surface area is 122 Å². The lowest BCUT2D eigenvalue weighted by atomic mass is 10.2. The van der Waals surface area contributed by atoms with Gasteiger partial charge in [0, 0.05) is 18.9 Å². The molecule has 1 N–H and O–H groups in total. The van der Waals surface area contributed by atoms with E-state index in [2.05, 4.69) is 27.5 Å². The van der Waals surface area contributed by atoms with Crippen molar-refractivity contribution in [1.82, 2.24) is 14.8 Å². The highest BCUT2D eigenvalue weighted by Crippen LogP contribution is 2.12. The third kappa shape index (κ3) is 2.97. The normalized spacial score (nSPS) is 10.4. The molecule has 0 radical (unpaired) electrons. The van der Waals surface area contributed by atoms with Crippen LogP contribution in [0.2, 0.25) is 5.15 Å². The molecular weight excluding hydrogens is 272 g/mol. The third-order valence-corrected chi connectivity index (χ3v) is 3.10. The van der Waals surface area contributed by atoms with Crippen molar-refractivity contribution in [1.29, 1.82) is 0 Å². The van der Waals surface area contributed by atoms with Gasteiger partial charge in [0.2, 0.25) is 0 Å². The van der Waals surface area contributed by atoms with E-state index in [1.807, 2.05) is 41.2 Å². The lowest BCUT2D eigenvalue weighted by Gasteiger charge is -2.07. The quantitative estimate of drug-likeness (QED) is 0.745. The van der Waals surface area contributed by atoms with Crippen molar-refractivity contribution < 1.29 is 0 Å². The zero-order valence-electron chi connectivity index (χ0n) is 10.7. The number of nitrogens with one attached hydrogen (secondary N) is 1. The van der Waals surface area contributed by atoms with E-state index >= 15 is 0 Å².